The van der Waals surface area contributed by atoms with Crippen molar-refractivity contribution in [1.29, 1.82) is 0 Å². The number of likely N-dealkylation sites (tertiary alicyclic amines) is 2. The number of aromatic nitrogens is 2. The number of nitrogens with one attached hydrogen (secondary N) is 1. The normalized spacial score (nSPS) is 28.3. The Morgan fingerprint density at radius 1 is 1.36 bits per heavy atom. The van der Waals surface area contributed by atoms with Gasteiger partial charge in [0.1, 0.15) is 0 Å². The molecule has 2 aliphatic heterocycles. The van der Waals surface area contributed by atoms with Crippen LogP contribution >= 0.6 is 0 Å². The van der Waals surface area contributed by atoms with Gasteiger partial charge in [-0.1, -0.05) is 0 Å². The molecule has 7 nitrogen and oxygen atoms in total. The van der Waals surface area contributed by atoms with Gasteiger partial charge in [-0.05, 0) is 38.2 Å². The first-order chi connectivity index (χ1) is 12.0. The molecule has 25 heavy (non-hydrogen) atoms. The number of hydrogen-bond donors (Lipinski definition) is 2. The van der Waals surface area contributed by atoms with Crippen LogP contribution in [-0.2, 0) is 18.4 Å². The summed E-state index contributed by atoms with van der Waals surface area (Å²) in [5, 5.41) is 17.6. The van der Waals surface area contributed by atoms with E-state index in [0.717, 1.165) is 31.9 Å². The summed E-state index contributed by atoms with van der Waals surface area (Å²) >= 11 is 0. The van der Waals surface area contributed by atoms with Crippen molar-refractivity contribution in [3.63, 3.8) is 0 Å². The molecule has 3 aliphatic rings. The summed E-state index contributed by atoms with van der Waals surface area (Å²) in [6, 6.07) is 2.32. The molecule has 2 N–H and O–H groups in total. The summed E-state index contributed by atoms with van der Waals surface area (Å²) in [5.41, 5.74) is 2.26. The van der Waals surface area contributed by atoms with Gasteiger partial charge in [0.25, 0.3) is 0 Å². The second kappa shape index (κ2) is 6.70. The average molecular weight is 347 g/mol. The highest BCUT2D eigenvalue weighted by Gasteiger charge is 2.44. The first-order valence-electron chi connectivity index (χ1n) is 9.43. The van der Waals surface area contributed by atoms with Crippen LogP contribution in [-0.4, -0.2) is 75.0 Å². The third kappa shape index (κ3) is 3.73. The number of aryl methyl sites for hydroxylation is 2. The monoisotopic (exact) mass is 347 g/mol. The number of carbonyl (C=O) groups is 1. The molecule has 7 heteroatoms. The van der Waals surface area contributed by atoms with E-state index in [9.17, 15) is 9.90 Å². The predicted octanol–water partition coefficient (Wildman–Crippen LogP) is -0.126. The van der Waals surface area contributed by atoms with E-state index in [2.05, 4.69) is 26.3 Å². The van der Waals surface area contributed by atoms with E-state index in [0.29, 0.717) is 24.9 Å². The van der Waals surface area contributed by atoms with Crippen molar-refractivity contribution in [2.45, 2.75) is 50.9 Å². The van der Waals surface area contributed by atoms with Crippen molar-refractivity contribution >= 4 is 5.91 Å². The molecule has 1 aliphatic carbocycles. The van der Waals surface area contributed by atoms with Gasteiger partial charge in [-0.3, -0.25) is 19.3 Å². The van der Waals surface area contributed by atoms with Crippen LogP contribution in [0.2, 0.25) is 0 Å². The average Bonchev–Trinajstić information content (AvgIpc) is 3.19. The lowest BCUT2D eigenvalue weighted by Gasteiger charge is -2.45. The molecular formula is C18H29N5O2. The molecule has 0 unspecified atom stereocenters. The maximum absolute atomic E-state index is 12.5. The summed E-state index contributed by atoms with van der Waals surface area (Å²) < 4.78 is 1.94. The topological polar surface area (TPSA) is 73.6 Å². The molecule has 0 bridgehead atoms. The van der Waals surface area contributed by atoms with E-state index in [1.165, 1.54) is 18.5 Å². The Morgan fingerprint density at radius 2 is 2.12 bits per heavy atom. The molecule has 4 rings (SSSR count). The molecular weight excluding hydrogens is 318 g/mol. The maximum atomic E-state index is 12.5. The van der Waals surface area contributed by atoms with Crippen LogP contribution in [0.4, 0.5) is 0 Å². The van der Waals surface area contributed by atoms with Gasteiger partial charge < -0.3 is 10.4 Å². The minimum Gasteiger partial charge on any atom is -0.392 e. The fraction of sp³-hybridized carbons (Fsp3) is 0.778. The fourth-order valence-corrected chi connectivity index (χ4v) is 4.11. The van der Waals surface area contributed by atoms with Gasteiger partial charge >= 0.3 is 0 Å². The number of nitrogens with zero attached hydrogens (tertiary/aromatic N) is 4. The first kappa shape index (κ1) is 17.0. The van der Waals surface area contributed by atoms with Crippen molar-refractivity contribution in [2.75, 3.05) is 26.2 Å². The van der Waals surface area contributed by atoms with Crippen LogP contribution in [0, 0.1) is 12.8 Å². The van der Waals surface area contributed by atoms with E-state index in [1.54, 1.807) is 0 Å². The quantitative estimate of drug-likeness (QED) is 0.750. The SMILES string of the molecule is Cc1cc(CN2CC(N3C[C@H](O)C[C@H]3C(=O)NCC3CC3)C2)n(C)n1. The minimum atomic E-state index is -0.384. The van der Waals surface area contributed by atoms with E-state index >= 15 is 0 Å². The van der Waals surface area contributed by atoms with Crippen molar-refractivity contribution < 1.29 is 9.90 Å². The Balaban J connectivity index is 1.30. The van der Waals surface area contributed by atoms with Crippen molar-refractivity contribution in [2.24, 2.45) is 13.0 Å². The van der Waals surface area contributed by atoms with Gasteiger partial charge in [-0.25, -0.2) is 0 Å². The van der Waals surface area contributed by atoms with Gasteiger partial charge in [0.05, 0.1) is 23.5 Å². The highest BCUT2D eigenvalue weighted by atomic mass is 16.3. The van der Waals surface area contributed by atoms with E-state index in [-0.39, 0.29) is 18.1 Å². The lowest BCUT2D eigenvalue weighted by atomic mass is 10.0. The zero-order valence-electron chi connectivity index (χ0n) is 15.2. The second-order valence-electron chi connectivity index (χ2n) is 8.04. The smallest absolute Gasteiger partial charge is 0.237 e. The third-order valence-electron chi connectivity index (χ3n) is 5.77. The molecule has 2 saturated heterocycles. The zero-order valence-corrected chi connectivity index (χ0v) is 15.2. The van der Waals surface area contributed by atoms with E-state index in [1.807, 2.05) is 18.7 Å². The summed E-state index contributed by atoms with van der Waals surface area (Å²) in [7, 11) is 1.98. The Kier molecular flexibility index (Phi) is 4.56. The highest BCUT2D eigenvalue weighted by Crippen LogP contribution is 2.29. The molecule has 0 spiro atoms. The zero-order chi connectivity index (χ0) is 17.6. The van der Waals surface area contributed by atoms with Crippen LogP contribution in [0.5, 0.6) is 0 Å². The number of carbonyl (C=O) groups excluding carboxylic acids is 1. The summed E-state index contributed by atoms with van der Waals surface area (Å²) in [5.74, 6) is 0.787. The number of hydrogen-bond acceptors (Lipinski definition) is 5. The van der Waals surface area contributed by atoms with Crippen LogP contribution in [0.25, 0.3) is 0 Å². The molecule has 1 aromatic rings. The molecule has 1 aromatic heterocycles. The Hall–Kier alpha value is -1.44. The minimum absolute atomic E-state index is 0.101. The van der Waals surface area contributed by atoms with Crippen molar-refractivity contribution in [1.82, 2.24) is 24.9 Å². The number of β-amino-alcohol motifs (C(OH)–C–C–N with tert-alkyl or cyclic N) is 1. The van der Waals surface area contributed by atoms with Gasteiger partial charge in [0.2, 0.25) is 5.91 Å². The molecule has 2 atom stereocenters. The lowest BCUT2D eigenvalue weighted by Crippen LogP contribution is -2.62. The van der Waals surface area contributed by atoms with Gasteiger partial charge in [0.15, 0.2) is 0 Å². The number of aliphatic hydroxyl groups is 1. The van der Waals surface area contributed by atoms with Gasteiger partial charge in [0, 0.05) is 45.8 Å². The summed E-state index contributed by atoms with van der Waals surface area (Å²) in [4.78, 5) is 17.1. The Morgan fingerprint density at radius 3 is 2.76 bits per heavy atom. The number of aliphatic hydroxyl groups excluding tert-OH is 1. The highest BCUT2D eigenvalue weighted by molar-refractivity contribution is 5.82. The second-order valence-corrected chi connectivity index (χ2v) is 8.04. The van der Waals surface area contributed by atoms with Gasteiger partial charge in [-0.2, -0.15) is 5.10 Å². The number of rotatable bonds is 6. The Labute approximate surface area is 149 Å². The van der Waals surface area contributed by atoms with E-state index < -0.39 is 0 Å². The van der Waals surface area contributed by atoms with Crippen LogP contribution < -0.4 is 5.32 Å². The van der Waals surface area contributed by atoms with Crippen molar-refractivity contribution in [3.8, 4) is 0 Å². The molecule has 3 heterocycles. The van der Waals surface area contributed by atoms with Crippen LogP contribution in [0.15, 0.2) is 6.07 Å². The standard InChI is InChI=1S/C18H29N5O2/c1-12-5-14(21(2)20-12)8-22-9-15(10-22)23-11-16(24)6-17(23)18(25)19-7-13-3-4-13/h5,13,15-17,24H,3-4,6-11H2,1-2H3,(H,19,25)/t16-,17+/m1/s1. The molecule has 3 fully saturated rings. The van der Waals surface area contributed by atoms with Gasteiger partial charge in [-0.15, -0.1) is 0 Å². The number of amides is 1. The molecule has 0 radical (unpaired) electrons. The first-order valence-corrected chi connectivity index (χ1v) is 9.43. The molecule has 1 amide bonds. The molecule has 0 aromatic carbocycles. The summed E-state index contributed by atoms with van der Waals surface area (Å²) in [6.07, 6.45) is 2.66. The molecule has 1 saturated carbocycles. The Bertz CT molecular complexity index is 635. The van der Waals surface area contributed by atoms with Crippen LogP contribution in [0.3, 0.4) is 0 Å². The third-order valence-corrected chi connectivity index (χ3v) is 5.77. The molecule has 138 valence electrons. The predicted molar refractivity (Wildman–Crippen MR) is 93.9 cm³/mol. The van der Waals surface area contributed by atoms with Crippen molar-refractivity contribution in [3.05, 3.63) is 17.5 Å². The maximum Gasteiger partial charge on any atom is 0.237 e. The largest absolute Gasteiger partial charge is 0.392 e. The van der Waals surface area contributed by atoms with Crippen LogP contribution in [0.1, 0.15) is 30.7 Å². The fourth-order valence-electron chi connectivity index (χ4n) is 4.11. The summed E-state index contributed by atoms with van der Waals surface area (Å²) in [6.45, 7) is 6.22. The lowest BCUT2D eigenvalue weighted by molar-refractivity contribution is -0.127. The van der Waals surface area contributed by atoms with E-state index in [4.69, 9.17) is 0 Å².